The SMILES string of the molecule is CS(=O)(=O)N(Cc1ccc(C(=O)Nc2ccc(S(=O)(=O)Nc3ccc(F)cc3)cc2)cc1)c1ccccc1. The molecule has 0 atom stereocenters. The molecule has 0 radical (unpaired) electrons. The lowest BCUT2D eigenvalue weighted by Crippen LogP contribution is -2.29. The highest BCUT2D eigenvalue weighted by molar-refractivity contribution is 7.92. The van der Waals surface area contributed by atoms with Gasteiger partial charge < -0.3 is 5.32 Å². The van der Waals surface area contributed by atoms with Crippen molar-refractivity contribution in [2.75, 3.05) is 20.6 Å². The Balaban J connectivity index is 1.41. The molecular weight excluding hydrogens is 529 g/mol. The summed E-state index contributed by atoms with van der Waals surface area (Å²) in [5, 5.41) is 2.70. The van der Waals surface area contributed by atoms with Gasteiger partial charge in [0.05, 0.1) is 23.4 Å². The number of halogens is 1. The van der Waals surface area contributed by atoms with Crippen LogP contribution in [0.25, 0.3) is 0 Å². The number of benzene rings is 4. The normalized spacial score (nSPS) is 11.5. The first-order chi connectivity index (χ1) is 18.0. The minimum atomic E-state index is -3.90. The summed E-state index contributed by atoms with van der Waals surface area (Å²) in [4.78, 5) is 12.7. The molecule has 8 nitrogen and oxygen atoms in total. The van der Waals surface area contributed by atoms with E-state index in [1.54, 1.807) is 54.6 Å². The molecule has 4 aromatic carbocycles. The smallest absolute Gasteiger partial charge is 0.261 e. The van der Waals surface area contributed by atoms with Crippen molar-refractivity contribution >= 4 is 43.0 Å². The van der Waals surface area contributed by atoms with Crippen molar-refractivity contribution in [1.29, 1.82) is 0 Å². The molecule has 0 aliphatic heterocycles. The Hall–Kier alpha value is -4.22. The van der Waals surface area contributed by atoms with Crippen molar-refractivity contribution < 1.29 is 26.0 Å². The Bertz CT molecular complexity index is 1630. The van der Waals surface area contributed by atoms with Crippen LogP contribution in [0.3, 0.4) is 0 Å². The second-order valence-corrected chi connectivity index (χ2v) is 12.0. The summed E-state index contributed by atoms with van der Waals surface area (Å²) in [7, 11) is -7.43. The number of anilines is 3. The van der Waals surface area contributed by atoms with Gasteiger partial charge in [-0.2, -0.15) is 0 Å². The molecule has 11 heteroatoms. The Morgan fingerprint density at radius 1 is 0.763 bits per heavy atom. The summed E-state index contributed by atoms with van der Waals surface area (Å²) < 4.78 is 66.5. The topological polar surface area (TPSA) is 113 Å². The summed E-state index contributed by atoms with van der Waals surface area (Å²) >= 11 is 0. The summed E-state index contributed by atoms with van der Waals surface area (Å²) in [5.41, 5.74) is 2.17. The van der Waals surface area contributed by atoms with Crippen molar-refractivity contribution in [2.45, 2.75) is 11.4 Å². The zero-order chi connectivity index (χ0) is 27.3. The highest BCUT2D eigenvalue weighted by Crippen LogP contribution is 2.22. The molecule has 1 amide bonds. The second kappa shape index (κ2) is 11.0. The predicted molar refractivity (Wildman–Crippen MR) is 146 cm³/mol. The molecule has 2 N–H and O–H groups in total. The van der Waals surface area contributed by atoms with E-state index in [2.05, 4.69) is 10.0 Å². The Labute approximate surface area is 220 Å². The van der Waals surface area contributed by atoms with Gasteiger partial charge in [0, 0.05) is 16.9 Å². The van der Waals surface area contributed by atoms with E-state index in [0.29, 0.717) is 22.5 Å². The zero-order valence-corrected chi connectivity index (χ0v) is 21.8. The van der Waals surface area contributed by atoms with Gasteiger partial charge in [0.1, 0.15) is 5.82 Å². The van der Waals surface area contributed by atoms with Crippen LogP contribution in [0, 0.1) is 5.82 Å². The average molecular weight is 554 g/mol. The summed E-state index contributed by atoms with van der Waals surface area (Å²) in [5.74, 6) is -0.898. The van der Waals surface area contributed by atoms with E-state index in [0.717, 1.165) is 18.4 Å². The van der Waals surface area contributed by atoms with Gasteiger partial charge in [-0.1, -0.05) is 30.3 Å². The molecule has 38 heavy (non-hydrogen) atoms. The first kappa shape index (κ1) is 26.8. The maximum absolute atomic E-state index is 13.1. The van der Waals surface area contributed by atoms with Crippen LogP contribution in [0.2, 0.25) is 0 Å². The van der Waals surface area contributed by atoms with E-state index in [4.69, 9.17) is 0 Å². The molecule has 0 saturated heterocycles. The molecule has 4 aromatic rings. The van der Waals surface area contributed by atoms with Crippen LogP contribution in [-0.2, 0) is 26.6 Å². The Morgan fingerprint density at radius 2 is 1.34 bits per heavy atom. The molecule has 0 saturated carbocycles. The summed E-state index contributed by atoms with van der Waals surface area (Å²) in [6, 6.07) is 25.7. The van der Waals surface area contributed by atoms with E-state index in [-0.39, 0.29) is 17.1 Å². The predicted octanol–water partition coefficient (Wildman–Crippen LogP) is 4.85. The lowest BCUT2D eigenvalue weighted by Gasteiger charge is -2.22. The van der Waals surface area contributed by atoms with E-state index >= 15 is 0 Å². The number of amides is 1. The number of nitrogens with zero attached hydrogens (tertiary/aromatic N) is 1. The maximum Gasteiger partial charge on any atom is 0.261 e. The number of rotatable bonds is 9. The number of hydrogen-bond donors (Lipinski definition) is 2. The summed E-state index contributed by atoms with van der Waals surface area (Å²) in [6.07, 6.45) is 1.14. The first-order valence-electron chi connectivity index (χ1n) is 11.3. The van der Waals surface area contributed by atoms with Gasteiger partial charge in [-0.25, -0.2) is 21.2 Å². The highest BCUT2D eigenvalue weighted by atomic mass is 32.2. The van der Waals surface area contributed by atoms with Crippen LogP contribution < -0.4 is 14.3 Å². The Morgan fingerprint density at radius 3 is 1.92 bits per heavy atom. The maximum atomic E-state index is 13.1. The van der Waals surface area contributed by atoms with Crippen molar-refractivity contribution in [3.05, 3.63) is 120 Å². The van der Waals surface area contributed by atoms with Crippen molar-refractivity contribution in [1.82, 2.24) is 0 Å². The molecule has 196 valence electrons. The third-order valence-electron chi connectivity index (χ3n) is 5.51. The quantitative estimate of drug-likeness (QED) is 0.308. The molecule has 0 aromatic heterocycles. The zero-order valence-electron chi connectivity index (χ0n) is 20.2. The standard InChI is InChI=1S/C27H24FN3O5S2/c1-37(33,34)31(25-5-3-2-4-6-25)19-20-7-9-21(10-8-20)27(32)29-23-15-17-26(18-16-23)38(35,36)30-24-13-11-22(28)12-14-24/h2-18,30H,19H2,1H3,(H,29,32). The fourth-order valence-electron chi connectivity index (χ4n) is 3.57. The van der Waals surface area contributed by atoms with E-state index in [9.17, 15) is 26.0 Å². The van der Waals surface area contributed by atoms with Crippen LogP contribution in [0.4, 0.5) is 21.5 Å². The lowest BCUT2D eigenvalue weighted by molar-refractivity contribution is 0.102. The van der Waals surface area contributed by atoms with E-state index in [1.165, 1.54) is 40.7 Å². The third kappa shape index (κ3) is 6.75. The Kier molecular flexibility index (Phi) is 7.79. The first-order valence-corrected chi connectivity index (χ1v) is 14.7. The highest BCUT2D eigenvalue weighted by Gasteiger charge is 2.18. The van der Waals surface area contributed by atoms with Crippen LogP contribution in [-0.4, -0.2) is 29.0 Å². The van der Waals surface area contributed by atoms with Crippen LogP contribution in [0.1, 0.15) is 15.9 Å². The second-order valence-electron chi connectivity index (χ2n) is 8.39. The monoisotopic (exact) mass is 553 g/mol. The average Bonchev–Trinajstić information content (AvgIpc) is 2.89. The van der Waals surface area contributed by atoms with Crippen LogP contribution >= 0.6 is 0 Å². The summed E-state index contributed by atoms with van der Waals surface area (Å²) in [6.45, 7) is 0.104. The number of nitrogens with one attached hydrogen (secondary N) is 2. The number of para-hydroxylation sites is 1. The number of carbonyl (C=O) groups is 1. The van der Waals surface area contributed by atoms with Gasteiger partial charge in [-0.05, 0) is 78.4 Å². The lowest BCUT2D eigenvalue weighted by atomic mass is 10.1. The minimum absolute atomic E-state index is 0.0296. The molecule has 0 bridgehead atoms. The van der Waals surface area contributed by atoms with Gasteiger partial charge in [0.2, 0.25) is 10.0 Å². The fraction of sp³-hybridized carbons (Fsp3) is 0.0741. The largest absolute Gasteiger partial charge is 0.322 e. The third-order valence-corrected chi connectivity index (χ3v) is 8.04. The van der Waals surface area contributed by atoms with Gasteiger partial charge in [-0.3, -0.25) is 13.8 Å². The van der Waals surface area contributed by atoms with Crippen molar-refractivity contribution in [3.63, 3.8) is 0 Å². The molecule has 0 aliphatic rings. The van der Waals surface area contributed by atoms with Crippen molar-refractivity contribution in [2.24, 2.45) is 0 Å². The number of carbonyl (C=O) groups excluding carboxylic acids is 1. The molecule has 4 rings (SSSR count). The molecule has 0 spiro atoms. The van der Waals surface area contributed by atoms with Gasteiger partial charge in [-0.15, -0.1) is 0 Å². The fourth-order valence-corrected chi connectivity index (χ4v) is 5.52. The molecular formula is C27H24FN3O5S2. The number of sulfonamides is 2. The van der Waals surface area contributed by atoms with E-state index in [1.807, 2.05) is 0 Å². The number of hydrogen-bond acceptors (Lipinski definition) is 5. The molecule has 0 unspecified atom stereocenters. The van der Waals surface area contributed by atoms with E-state index < -0.39 is 31.8 Å². The molecule has 0 heterocycles. The van der Waals surface area contributed by atoms with Crippen molar-refractivity contribution in [3.8, 4) is 0 Å². The van der Waals surface area contributed by atoms with Crippen LogP contribution in [0.5, 0.6) is 0 Å². The van der Waals surface area contributed by atoms with Gasteiger partial charge >= 0.3 is 0 Å². The van der Waals surface area contributed by atoms with Crippen LogP contribution in [0.15, 0.2) is 108 Å². The molecule has 0 fully saturated rings. The molecule has 0 aliphatic carbocycles. The minimum Gasteiger partial charge on any atom is -0.322 e. The van der Waals surface area contributed by atoms with Gasteiger partial charge in [0.25, 0.3) is 15.9 Å². The van der Waals surface area contributed by atoms with Gasteiger partial charge in [0.15, 0.2) is 0 Å².